The first-order valence-corrected chi connectivity index (χ1v) is 8.23. The molecule has 2 atom stereocenters. The number of sulfone groups is 1. The maximum atomic E-state index is 12.1. The predicted molar refractivity (Wildman–Crippen MR) is 71.9 cm³/mol. The van der Waals surface area contributed by atoms with Gasteiger partial charge in [0, 0.05) is 6.04 Å². The van der Waals surface area contributed by atoms with E-state index in [1.54, 1.807) is 6.92 Å². The van der Waals surface area contributed by atoms with Crippen molar-refractivity contribution in [1.82, 2.24) is 5.32 Å². The molecule has 1 rings (SSSR count). The summed E-state index contributed by atoms with van der Waals surface area (Å²) in [4.78, 5) is 11.9. The van der Waals surface area contributed by atoms with Gasteiger partial charge < -0.3 is 11.1 Å². The molecule has 0 spiro atoms. The van der Waals surface area contributed by atoms with Crippen LogP contribution in [0.4, 0.5) is 0 Å². The van der Waals surface area contributed by atoms with E-state index in [-0.39, 0.29) is 11.9 Å². The van der Waals surface area contributed by atoms with Gasteiger partial charge in [0.05, 0.1) is 5.25 Å². The maximum Gasteiger partial charge on any atom is 0.238 e. The minimum atomic E-state index is -3.43. The van der Waals surface area contributed by atoms with Gasteiger partial charge in [-0.15, -0.1) is 0 Å². The van der Waals surface area contributed by atoms with E-state index in [4.69, 9.17) is 5.73 Å². The molecule has 0 aromatic carbocycles. The fourth-order valence-corrected chi connectivity index (χ4v) is 3.81. The highest BCUT2D eigenvalue weighted by Gasteiger charge is 2.33. The predicted octanol–water partition coefficient (Wildman–Crippen LogP) is 0.586. The highest BCUT2D eigenvalue weighted by Crippen LogP contribution is 2.19. The molecular formula is C12H24N2O3S. The number of amides is 1. The molecule has 0 saturated heterocycles. The van der Waals surface area contributed by atoms with Crippen LogP contribution in [-0.2, 0) is 14.6 Å². The van der Waals surface area contributed by atoms with Gasteiger partial charge in [-0.25, -0.2) is 8.42 Å². The average Bonchev–Trinajstić information content (AvgIpc) is 2.80. The lowest BCUT2D eigenvalue weighted by Gasteiger charge is -2.20. The van der Waals surface area contributed by atoms with Crippen LogP contribution in [0.2, 0.25) is 0 Å². The minimum Gasteiger partial charge on any atom is -0.352 e. The Kier molecular flexibility index (Phi) is 5.59. The van der Waals surface area contributed by atoms with Crippen LogP contribution in [0, 0.1) is 0 Å². The molecule has 1 amide bonds. The minimum absolute atomic E-state index is 0.153. The second-order valence-electron chi connectivity index (χ2n) is 5.11. The third kappa shape index (κ3) is 3.68. The molecule has 3 N–H and O–H groups in total. The maximum absolute atomic E-state index is 12.1. The van der Waals surface area contributed by atoms with E-state index < -0.39 is 20.3 Å². The number of nitrogens with two attached hydrogens (primary N) is 1. The first-order valence-electron chi connectivity index (χ1n) is 6.62. The Balaban J connectivity index is 2.61. The molecule has 1 aliphatic carbocycles. The molecule has 0 aromatic rings. The van der Waals surface area contributed by atoms with E-state index in [1.807, 2.05) is 0 Å². The van der Waals surface area contributed by atoms with Gasteiger partial charge in [0.15, 0.2) is 9.84 Å². The third-order valence-electron chi connectivity index (χ3n) is 3.70. The Bertz CT molecular complexity index is 375. The molecule has 5 nitrogen and oxygen atoms in total. The standard InChI is InChI=1S/C12H24N2O3S/c1-9(7-8-13)18(16,17)10(2)12(15)14-11-5-3-4-6-11/h9-11H,3-8,13H2,1-2H3,(H,14,15). The number of hydrogen-bond acceptors (Lipinski definition) is 4. The first kappa shape index (κ1) is 15.4. The van der Waals surface area contributed by atoms with Crippen molar-refractivity contribution in [2.75, 3.05) is 6.54 Å². The zero-order chi connectivity index (χ0) is 13.8. The average molecular weight is 276 g/mol. The first-order chi connectivity index (χ1) is 8.39. The summed E-state index contributed by atoms with van der Waals surface area (Å²) in [5, 5.41) is 1.28. The van der Waals surface area contributed by atoms with Gasteiger partial charge >= 0.3 is 0 Å². The fraction of sp³-hybridized carbons (Fsp3) is 0.917. The van der Waals surface area contributed by atoms with Crippen LogP contribution >= 0.6 is 0 Å². The zero-order valence-corrected chi connectivity index (χ0v) is 12.0. The Morgan fingerprint density at radius 1 is 1.33 bits per heavy atom. The van der Waals surface area contributed by atoms with Gasteiger partial charge in [-0.1, -0.05) is 12.8 Å². The Hall–Kier alpha value is -0.620. The summed E-state index contributed by atoms with van der Waals surface area (Å²) in [6.07, 6.45) is 4.52. The summed E-state index contributed by atoms with van der Waals surface area (Å²) < 4.78 is 24.2. The van der Waals surface area contributed by atoms with Crippen LogP contribution in [0.25, 0.3) is 0 Å². The fourth-order valence-electron chi connectivity index (χ4n) is 2.29. The van der Waals surface area contributed by atoms with Crippen LogP contribution in [0.15, 0.2) is 0 Å². The summed E-state index contributed by atoms with van der Waals surface area (Å²) >= 11 is 0. The highest BCUT2D eigenvalue weighted by molar-refractivity contribution is 7.93. The van der Waals surface area contributed by atoms with Gasteiger partial charge in [-0.3, -0.25) is 4.79 Å². The molecule has 0 heterocycles. The van der Waals surface area contributed by atoms with E-state index >= 15 is 0 Å². The number of rotatable bonds is 6. The quantitative estimate of drug-likeness (QED) is 0.743. The monoisotopic (exact) mass is 276 g/mol. The van der Waals surface area contributed by atoms with Crippen molar-refractivity contribution in [3.8, 4) is 0 Å². The third-order valence-corrected chi connectivity index (χ3v) is 6.25. The van der Waals surface area contributed by atoms with Crippen molar-refractivity contribution < 1.29 is 13.2 Å². The van der Waals surface area contributed by atoms with Crippen LogP contribution in [-0.4, -0.2) is 37.4 Å². The molecule has 0 bridgehead atoms. The van der Waals surface area contributed by atoms with Gasteiger partial charge in [-0.05, 0) is 39.7 Å². The van der Waals surface area contributed by atoms with Gasteiger partial charge in [0.25, 0.3) is 0 Å². The molecule has 0 aliphatic heterocycles. The lowest BCUT2D eigenvalue weighted by atomic mass is 10.2. The van der Waals surface area contributed by atoms with Gasteiger partial charge in [-0.2, -0.15) is 0 Å². The lowest BCUT2D eigenvalue weighted by molar-refractivity contribution is -0.121. The molecule has 18 heavy (non-hydrogen) atoms. The summed E-state index contributed by atoms with van der Waals surface area (Å²) in [6.45, 7) is 3.39. The van der Waals surface area contributed by atoms with E-state index in [0.29, 0.717) is 13.0 Å². The van der Waals surface area contributed by atoms with Crippen LogP contribution in [0.3, 0.4) is 0 Å². The smallest absolute Gasteiger partial charge is 0.238 e. The number of nitrogens with one attached hydrogen (secondary N) is 1. The topological polar surface area (TPSA) is 89.3 Å². The molecular weight excluding hydrogens is 252 g/mol. The van der Waals surface area contributed by atoms with Crippen molar-refractivity contribution in [3.05, 3.63) is 0 Å². The second-order valence-corrected chi connectivity index (χ2v) is 7.80. The van der Waals surface area contributed by atoms with Crippen LogP contribution in [0.5, 0.6) is 0 Å². The number of carbonyl (C=O) groups excluding carboxylic acids is 1. The molecule has 1 saturated carbocycles. The Morgan fingerprint density at radius 3 is 2.39 bits per heavy atom. The van der Waals surface area contributed by atoms with E-state index in [9.17, 15) is 13.2 Å². The molecule has 0 aromatic heterocycles. The summed E-state index contributed by atoms with van der Waals surface area (Å²) in [5.74, 6) is -0.370. The Labute approximate surface area is 109 Å². The van der Waals surface area contributed by atoms with Crippen LogP contribution in [0.1, 0.15) is 46.0 Å². The Morgan fingerprint density at radius 2 is 1.89 bits per heavy atom. The summed E-state index contributed by atoms with van der Waals surface area (Å²) in [6, 6.07) is 0.153. The molecule has 0 radical (unpaired) electrons. The highest BCUT2D eigenvalue weighted by atomic mass is 32.2. The normalized spacial score (nSPS) is 20.6. The second kappa shape index (κ2) is 6.52. The van der Waals surface area contributed by atoms with Crippen LogP contribution < -0.4 is 11.1 Å². The number of hydrogen-bond donors (Lipinski definition) is 2. The van der Waals surface area contributed by atoms with E-state index in [2.05, 4.69) is 5.32 Å². The van der Waals surface area contributed by atoms with Crippen molar-refractivity contribution >= 4 is 15.7 Å². The van der Waals surface area contributed by atoms with Gasteiger partial charge in [0.2, 0.25) is 5.91 Å². The molecule has 1 aliphatic rings. The zero-order valence-electron chi connectivity index (χ0n) is 11.2. The number of carbonyl (C=O) groups is 1. The SMILES string of the molecule is CC(CCN)S(=O)(=O)C(C)C(=O)NC1CCCC1. The molecule has 6 heteroatoms. The lowest BCUT2D eigenvalue weighted by Crippen LogP contribution is -2.45. The van der Waals surface area contributed by atoms with E-state index in [0.717, 1.165) is 25.7 Å². The van der Waals surface area contributed by atoms with E-state index in [1.165, 1.54) is 6.92 Å². The van der Waals surface area contributed by atoms with Gasteiger partial charge in [0.1, 0.15) is 5.25 Å². The molecule has 106 valence electrons. The van der Waals surface area contributed by atoms with Crippen molar-refractivity contribution in [3.63, 3.8) is 0 Å². The largest absolute Gasteiger partial charge is 0.352 e. The van der Waals surface area contributed by atoms with Crippen molar-refractivity contribution in [2.45, 2.75) is 62.5 Å². The molecule has 2 unspecified atom stereocenters. The summed E-state index contributed by atoms with van der Waals surface area (Å²) in [5.41, 5.74) is 5.37. The molecule has 1 fully saturated rings. The van der Waals surface area contributed by atoms with Crippen molar-refractivity contribution in [1.29, 1.82) is 0 Å². The van der Waals surface area contributed by atoms with Crippen molar-refractivity contribution in [2.24, 2.45) is 5.73 Å². The summed E-state index contributed by atoms with van der Waals surface area (Å²) in [7, 11) is -3.43.